The topological polar surface area (TPSA) is 135 Å². The Morgan fingerprint density at radius 2 is 1.79 bits per heavy atom. The van der Waals surface area contributed by atoms with Crippen molar-refractivity contribution in [3.63, 3.8) is 0 Å². The number of nitrogens with one attached hydrogen (secondary N) is 2. The Morgan fingerprint density at radius 1 is 1.06 bits per heavy atom. The first-order valence-corrected chi connectivity index (χ1v) is 11.0. The number of nitrogens with zero attached hydrogens (tertiary/aromatic N) is 2. The van der Waals surface area contributed by atoms with Gasteiger partial charge in [0.2, 0.25) is 11.7 Å². The highest BCUT2D eigenvalue weighted by Gasteiger charge is 2.37. The molecule has 3 rings (SSSR count). The Bertz CT molecular complexity index is 1120. The van der Waals surface area contributed by atoms with Crippen LogP contribution in [0.2, 0.25) is 0 Å². The summed E-state index contributed by atoms with van der Waals surface area (Å²) in [5.41, 5.74) is 0.325. The molecule has 1 aliphatic heterocycles. The Morgan fingerprint density at radius 3 is 2.53 bits per heavy atom. The number of pyridine rings is 1. The van der Waals surface area contributed by atoms with Gasteiger partial charge in [0.1, 0.15) is 18.2 Å². The summed E-state index contributed by atoms with van der Waals surface area (Å²) in [5, 5.41) is 5.50. The third-order valence-electron chi connectivity index (χ3n) is 5.21. The molecule has 2 aromatic rings. The Balaban J connectivity index is 1.56. The van der Waals surface area contributed by atoms with Gasteiger partial charge in [0.15, 0.2) is 0 Å². The molecule has 1 aliphatic rings. The average Bonchev–Trinajstić information content (AvgIpc) is 3.28. The lowest BCUT2D eigenvalue weighted by atomic mass is 10.1. The average molecular weight is 469 g/mol. The van der Waals surface area contributed by atoms with Gasteiger partial charge in [0.25, 0.3) is 11.8 Å². The van der Waals surface area contributed by atoms with Crippen molar-refractivity contribution in [2.75, 3.05) is 19.6 Å². The largest absolute Gasteiger partial charge is 0.459 e. The lowest BCUT2D eigenvalue weighted by molar-refractivity contribution is -0.155. The van der Waals surface area contributed by atoms with E-state index in [1.54, 1.807) is 45.0 Å². The molecular weight excluding hydrogens is 440 g/mol. The Hall–Kier alpha value is -3.82. The van der Waals surface area contributed by atoms with Gasteiger partial charge in [0.05, 0.1) is 17.6 Å². The number of carbonyl (C=O) groups excluding carboxylic acids is 5. The number of ketones is 1. The van der Waals surface area contributed by atoms with Gasteiger partial charge in [-0.1, -0.05) is 18.2 Å². The van der Waals surface area contributed by atoms with Gasteiger partial charge in [-0.2, -0.15) is 0 Å². The number of amides is 3. The quantitative estimate of drug-likeness (QED) is 0.457. The highest BCUT2D eigenvalue weighted by Crippen LogP contribution is 2.19. The van der Waals surface area contributed by atoms with E-state index in [2.05, 4.69) is 15.6 Å². The number of esters is 1. The number of likely N-dealkylation sites (tertiary alicyclic amines) is 1. The zero-order valence-corrected chi connectivity index (χ0v) is 19.4. The van der Waals surface area contributed by atoms with Crippen LogP contribution in [-0.2, 0) is 23.9 Å². The van der Waals surface area contributed by atoms with E-state index in [1.165, 1.54) is 11.1 Å². The first-order chi connectivity index (χ1) is 16.1. The predicted octanol–water partition coefficient (Wildman–Crippen LogP) is 0.983. The molecule has 10 nitrogen and oxygen atoms in total. The second-order valence-corrected chi connectivity index (χ2v) is 8.94. The van der Waals surface area contributed by atoms with Crippen LogP contribution in [0.1, 0.15) is 44.0 Å². The van der Waals surface area contributed by atoms with Gasteiger partial charge in [-0.3, -0.25) is 29.0 Å². The van der Waals surface area contributed by atoms with Crippen LogP contribution in [0.3, 0.4) is 0 Å². The molecule has 1 atom stereocenters. The van der Waals surface area contributed by atoms with E-state index in [-0.39, 0.29) is 6.54 Å². The SMILES string of the molecule is CC(C)(C)OC(=O)CNC(=O)C(=O)C1CCCN1C(=O)CNC(=O)c1ccnc2ccccc12. The molecule has 1 unspecified atom stereocenters. The van der Waals surface area contributed by atoms with Crippen LogP contribution < -0.4 is 10.6 Å². The molecule has 34 heavy (non-hydrogen) atoms. The van der Waals surface area contributed by atoms with Crippen LogP contribution in [0.15, 0.2) is 36.5 Å². The highest BCUT2D eigenvalue weighted by molar-refractivity contribution is 6.38. The summed E-state index contributed by atoms with van der Waals surface area (Å²) < 4.78 is 5.10. The van der Waals surface area contributed by atoms with Crippen LogP contribution in [0.5, 0.6) is 0 Å². The number of rotatable bonds is 7. The smallest absolute Gasteiger partial charge is 0.325 e. The number of benzene rings is 1. The molecule has 0 radical (unpaired) electrons. The van der Waals surface area contributed by atoms with Crippen LogP contribution >= 0.6 is 0 Å². The van der Waals surface area contributed by atoms with Crippen LogP contribution in [0.4, 0.5) is 0 Å². The van der Waals surface area contributed by atoms with Crippen LogP contribution in [-0.4, -0.2) is 70.6 Å². The maximum Gasteiger partial charge on any atom is 0.325 e. The number of carbonyl (C=O) groups is 5. The summed E-state index contributed by atoms with van der Waals surface area (Å²) in [6.07, 6.45) is 2.39. The van der Waals surface area contributed by atoms with Crippen molar-refractivity contribution in [3.8, 4) is 0 Å². The molecule has 1 aromatic heterocycles. The van der Waals surface area contributed by atoms with E-state index in [0.29, 0.717) is 35.9 Å². The monoisotopic (exact) mass is 468 g/mol. The molecule has 2 heterocycles. The first kappa shape index (κ1) is 24.8. The van der Waals surface area contributed by atoms with E-state index in [1.807, 2.05) is 6.07 Å². The van der Waals surface area contributed by atoms with Crippen molar-refractivity contribution in [1.82, 2.24) is 20.5 Å². The van der Waals surface area contributed by atoms with E-state index in [9.17, 15) is 24.0 Å². The van der Waals surface area contributed by atoms with Gasteiger partial charge >= 0.3 is 5.97 Å². The van der Waals surface area contributed by atoms with Gasteiger partial charge < -0.3 is 20.3 Å². The number of hydrogen-bond acceptors (Lipinski definition) is 7. The number of fused-ring (bicyclic) bond motifs is 1. The summed E-state index contributed by atoms with van der Waals surface area (Å²) in [5.74, 6) is -3.34. The third-order valence-corrected chi connectivity index (χ3v) is 5.21. The van der Waals surface area contributed by atoms with Crippen molar-refractivity contribution in [1.29, 1.82) is 0 Å². The minimum absolute atomic E-state index is 0.294. The third kappa shape index (κ3) is 6.15. The van der Waals surface area contributed by atoms with E-state index < -0.39 is 47.7 Å². The fraction of sp³-hybridized carbons (Fsp3) is 0.417. The lowest BCUT2D eigenvalue weighted by Gasteiger charge is -2.23. The van der Waals surface area contributed by atoms with Crippen LogP contribution in [0, 0.1) is 0 Å². The molecule has 1 saturated heterocycles. The summed E-state index contributed by atoms with van der Waals surface area (Å²) >= 11 is 0. The molecule has 0 bridgehead atoms. The van der Waals surface area contributed by atoms with Gasteiger partial charge in [-0.25, -0.2) is 0 Å². The number of para-hydroxylation sites is 1. The van der Waals surface area contributed by atoms with E-state index in [4.69, 9.17) is 4.74 Å². The first-order valence-electron chi connectivity index (χ1n) is 11.0. The summed E-state index contributed by atoms with van der Waals surface area (Å²) in [7, 11) is 0. The minimum atomic E-state index is -0.956. The fourth-order valence-electron chi connectivity index (χ4n) is 3.75. The minimum Gasteiger partial charge on any atom is -0.459 e. The molecule has 1 aromatic carbocycles. The van der Waals surface area contributed by atoms with Crippen molar-refractivity contribution in [2.24, 2.45) is 0 Å². The molecule has 0 saturated carbocycles. The molecular formula is C24H28N4O6. The second-order valence-electron chi connectivity index (χ2n) is 8.94. The van der Waals surface area contributed by atoms with Gasteiger partial charge in [-0.15, -0.1) is 0 Å². The lowest BCUT2D eigenvalue weighted by Crippen LogP contribution is -2.50. The molecule has 3 amide bonds. The molecule has 180 valence electrons. The molecule has 1 fully saturated rings. The maximum atomic E-state index is 12.7. The second kappa shape index (κ2) is 10.4. The van der Waals surface area contributed by atoms with Crippen molar-refractivity contribution >= 4 is 40.4 Å². The number of aromatic nitrogens is 1. The number of Topliss-reactive ketones (excluding diaryl/α,β-unsaturated/α-hetero) is 1. The number of ether oxygens (including phenoxy) is 1. The molecule has 0 spiro atoms. The summed E-state index contributed by atoms with van der Waals surface area (Å²) in [6, 6.07) is 7.79. The van der Waals surface area contributed by atoms with E-state index in [0.717, 1.165) is 0 Å². The highest BCUT2D eigenvalue weighted by atomic mass is 16.6. The van der Waals surface area contributed by atoms with E-state index >= 15 is 0 Å². The predicted molar refractivity (Wildman–Crippen MR) is 123 cm³/mol. The maximum absolute atomic E-state index is 12.7. The summed E-state index contributed by atoms with van der Waals surface area (Å²) in [6.45, 7) is 4.60. The van der Waals surface area contributed by atoms with Gasteiger partial charge in [0, 0.05) is 18.1 Å². The fourth-order valence-corrected chi connectivity index (χ4v) is 3.75. The van der Waals surface area contributed by atoms with Crippen molar-refractivity contribution in [2.45, 2.75) is 45.3 Å². The standard InChI is InChI=1S/C24H28N4O6/c1-24(2,3)34-20(30)14-27-23(33)21(31)18-9-6-12-28(18)19(29)13-26-22(32)16-10-11-25-17-8-5-4-7-15(16)17/h4-5,7-8,10-11,18H,6,9,12-14H2,1-3H3,(H,26,32)(H,27,33). The zero-order valence-electron chi connectivity index (χ0n) is 19.4. The van der Waals surface area contributed by atoms with Gasteiger partial charge in [-0.05, 0) is 45.7 Å². The zero-order chi connectivity index (χ0) is 24.9. The normalized spacial score (nSPS) is 15.6. The molecule has 10 heteroatoms. The van der Waals surface area contributed by atoms with Crippen molar-refractivity contribution in [3.05, 3.63) is 42.1 Å². The molecule has 2 N–H and O–H groups in total. The Kier molecular flexibility index (Phi) is 7.60. The number of hydrogen-bond donors (Lipinski definition) is 2. The Labute approximate surface area is 197 Å². The van der Waals surface area contributed by atoms with Crippen molar-refractivity contribution < 1.29 is 28.7 Å². The summed E-state index contributed by atoms with van der Waals surface area (Å²) in [4.78, 5) is 67.6. The van der Waals surface area contributed by atoms with Crippen LogP contribution in [0.25, 0.3) is 10.9 Å². The molecule has 0 aliphatic carbocycles.